The molecule has 0 spiro atoms. The molecule has 1 heterocycles. The van der Waals surface area contributed by atoms with Gasteiger partial charge in [0.05, 0.1) is 13.1 Å². The van der Waals surface area contributed by atoms with Crippen LogP contribution in [0.15, 0.2) is 97.1 Å². The van der Waals surface area contributed by atoms with Crippen LogP contribution in [0.25, 0.3) is 0 Å². The molecule has 2 atom stereocenters. The summed E-state index contributed by atoms with van der Waals surface area (Å²) >= 11 is 19.1. The molecule has 1 aliphatic heterocycles. The highest BCUT2D eigenvalue weighted by molar-refractivity contribution is 6.36. The minimum atomic E-state index is -1.49. The third-order valence-corrected chi connectivity index (χ3v) is 7.66. The van der Waals surface area contributed by atoms with E-state index < -0.39 is 17.6 Å². The summed E-state index contributed by atoms with van der Waals surface area (Å²) < 4.78 is 6.17. The Bertz CT molecular complexity index is 1510. The topological polar surface area (TPSA) is 78.9 Å². The van der Waals surface area contributed by atoms with Crippen molar-refractivity contribution in [1.29, 1.82) is 0 Å². The number of halogens is 3. The van der Waals surface area contributed by atoms with E-state index >= 15 is 0 Å². The summed E-state index contributed by atoms with van der Waals surface area (Å²) in [7, 11) is 0. The van der Waals surface area contributed by atoms with Gasteiger partial charge in [0.15, 0.2) is 0 Å². The van der Waals surface area contributed by atoms with Gasteiger partial charge in [0.25, 0.3) is 0 Å². The van der Waals surface area contributed by atoms with E-state index in [1.165, 1.54) is 0 Å². The Morgan fingerprint density at radius 2 is 1.59 bits per heavy atom. The number of rotatable bonds is 7. The fraction of sp³-hybridized carbons (Fsp3) is 0.133. The largest absolute Gasteiger partial charge is 0.478 e. The van der Waals surface area contributed by atoms with Crippen LogP contribution in [0, 0.1) is 0 Å². The van der Waals surface area contributed by atoms with Gasteiger partial charge in [0.2, 0.25) is 12.0 Å². The second-order valence-electron chi connectivity index (χ2n) is 9.02. The second-order valence-corrected chi connectivity index (χ2v) is 10.3. The number of fused-ring (bicyclic) bond motifs is 1. The number of para-hydroxylation sites is 1. The van der Waals surface area contributed by atoms with Gasteiger partial charge in [-0.2, -0.15) is 0 Å². The lowest BCUT2D eigenvalue weighted by atomic mass is 9.77. The monoisotopic (exact) mass is 580 g/mol. The molecule has 0 saturated carbocycles. The molecule has 0 aliphatic carbocycles. The third-order valence-electron chi connectivity index (χ3n) is 6.71. The van der Waals surface area contributed by atoms with Crippen LogP contribution in [0.3, 0.4) is 0 Å². The van der Waals surface area contributed by atoms with Crippen molar-refractivity contribution >= 4 is 52.4 Å². The normalized spacial score (nSPS) is 17.7. The predicted molar refractivity (Wildman–Crippen MR) is 153 cm³/mol. The van der Waals surface area contributed by atoms with E-state index in [0.717, 1.165) is 0 Å². The fourth-order valence-corrected chi connectivity index (χ4v) is 5.64. The van der Waals surface area contributed by atoms with Crippen LogP contribution in [-0.2, 0) is 21.7 Å². The maximum atomic E-state index is 13.7. The molecule has 0 fully saturated rings. The Morgan fingerprint density at radius 3 is 2.28 bits per heavy atom. The molecule has 198 valence electrons. The summed E-state index contributed by atoms with van der Waals surface area (Å²) in [5.74, 6) is -1.24. The number of ether oxygens (including phenoxy) is 1. The van der Waals surface area contributed by atoms with Gasteiger partial charge >= 0.3 is 5.97 Å². The van der Waals surface area contributed by atoms with Gasteiger partial charge in [-0.15, -0.1) is 0 Å². The highest BCUT2D eigenvalue weighted by Gasteiger charge is 2.51. The lowest BCUT2D eigenvalue weighted by Crippen LogP contribution is -2.58. The smallest absolute Gasteiger partial charge is 0.347 e. The summed E-state index contributed by atoms with van der Waals surface area (Å²) in [6, 6.07) is 28.0. The summed E-state index contributed by atoms with van der Waals surface area (Å²) in [6.07, 6.45) is -1.49. The zero-order valence-electron chi connectivity index (χ0n) is 20.5. The first-order valence-electron chi connectivity index (χ1n) is 12.1. The van der Waals surface area contributed by atoms with Crippen LogP contribution in [0.2, 0.25) is 15.1 Å². The molecule has 2 N–H and O–H groups in total. The Labute approximate surface area is 240 Å². The van der Waals surface area contributed by atoms with Crippen molar-refractivity contribution in [3.63, 3.8) is 0 Å². The molecule has 0 radical (unpaired) electrons. The van der Waals surface area contributed by atoms with Crippen molar-refractivity contribution in [3.05, 3.63) is 129 Å². The molecular weight excluding hydrogens is 559 g/mol. The number of nitrogens with one attached hydrogen (secondary N) is 1. The molecule has 1 amide bonds. The van der Waals surface area contributed by atoms with E-state index in [2.05, 4.69) is 5.32 Å². The minimum Gasteiger partial charge on any atom is -0.478 e. The van der Waals surface area contributed by atoms with Crippen LogP contribution in [-0.4, -0.2) is 29.6 Å². The van der Waals surface area contributed by atoms with Gasteiger partial charge in [-0.1, -0.05) is 95.5 Å². The van der Waals surface area contributed by atoms with Gasteiger partial charge in [-0.3, -0.25) is 10.1 Å². The molecule has 6 nitrogen and oxygen atoms in total. The van der Waals surface area contributed by atoms with E-state index in [1.807, 2.05) is 30.3 Å². The Kier molecular flexibility index (Phi) is 7.82. The maximum absolute atomic E-state index is 13.7. The number of hydrogen-bond acceptors (Lipinski definition) is 4. The highest BCUT2D eigenvalue weighted by Crippen LogP contribution is 2.43. The zero-order valence-corrected chi connectivity index (χ0v) is 22.8. The molecule has 4 aromatic carbocycles. The Balaban J connectivity index is 1.73. The number of benzene rings is 4. The minimum absolute atomic E-state index is 0.0911. The SMILES string of the molecule is O=C(O)[C@@H](Oc1cccc(Cl)c1)[C@@]1(c2ccccc2)NCC(=O)N(Cc2c(Cl)cccc2Cl)c2ccccc21. The maximum Gasteiger partial charge on any atom is 0.347 e. The molecule has 0 saturated heterocycles. The first kappa shape index (κ1) is 27.0. The van der Waals surface area contributed by atoms with E-state index in [9.17, 15) is 14.7 Å². The van der Waals surface area contributed by atoms with E-state index in [-0.39, 0.29) is 24.7 Å². The molecule has 0 aromatic heterocycles. The average Bonchev–Trinajstić information content (AvgIpc) is 3.05. The number of nitrogens with zero attached hydrogens (tertiary/aromatic N) is 1. The number of anilines is 1. The number of carbonyl (C=O) groups excluding carboxylic acids is 1. The zero-order chi connectivity index (χ0) is 27.6. The molecule has 5 rings (SSSR count). The van der Waals surface area contributed by atoms with Gasteiger partial charge < -0.3 is 14.7 Å². The summed E-state index contributed by atoms with van der Waals surface area (Å²) in [5, 5.41) is 15.1. The van der Waals surface area contributed by atoms with Crippen LogP contribution in [0.4, 0.5) is 5.69 Å². The van der Waals surface area contributed by atoms with Crippen LogP contribution in [0.1, 0.15) is 16.7 Å². The van der Waals surface area contributed by atoms with Gasteiger partial charge in [0.1, 0.15) is 11.3 Å². The molecule has 0 bridgehead atoms. The Morgan fingerprint density at radius 1 is 0.923 bits per heavy atom. The van der Waals surface area contributed by atoms with E-state index in [0.29, 0.717) is 37.4 Å². The first-order valence-corrected chi connectivity index (χ1v) is 13.2. The van der Waals surface area contributed by atoms with Crippen molar-refractivity contribution < 1.29 is 19.4 Å². The molecule has 1 aliphatic rings. The summed E-state index contributed by atoms with van der Waals surface area (Å²) in [5.41, 5.74) is 0.771. The summed E-state index contributed by atoms with van der Waals surface area (Å²) in [4.78, 5) is 28.3. The second kappa shape index (κ2) is 11.3. The van der Waals surface area contributed by atoms with E-state index in [4.69, 9.17) is 39.5 Å². The van der Waals surface area contributed by atoms with Crippen molar-refractivity contribution in [2.45, 2.75) is 18.2 Å². The number of hydrogen-bond donors (Lipinski definition) is 2. The van der Waals surface area contributed by atoms with Crippen molar-refractivity contribution in [1.82, 2.24) is 5.32 Å². The lowest BCUT2D eigenvalue weighted by molar-refractivity contribution is -0.149. The van der Waals surface area contributed by atoms with Crippen LogP contribution in [0.5, 0.6) is 5.75 Å². The van der Waals surface area contributed by atoms with Gasteiger partial charge in [0, 0.05) is 31.9 Å². The highest BCUT2D eigenvalue weighted by atomic mass is 35.5. The van der Waals surface area contributed by atoms with E-state index in [1.54, 1.807) is 71.6 Å². The third kappa shape index (κ3) is 5.21. The van der Waals surface area contributed by atoms with Gasteiger partial charge in [-0.25, -0.2) is 4.79 Å². The van der Waals surface area contributed by atoms with Crippen molar-refractivity contribution in [3.8, 4) is 5.75 Å². The molecule has 39 heavy (non-hydrogen) atoms. The number of amides is 1. The van der Waals surface area contributed by atoms with Crippen LogP contribution >= 0.6 is 34.8 Å². The number of carbonyl (C=O) groups is 2. The quantitative estimate of drug-likeness (QED) is 0.258. The van der Waals surface area contributed by atoms with Crippen molar-refractivity contribution in [2.75, 3.05) is 11.4 Å². The molecule has 4 aromatic rings. The van der Waals surface area contributed by atoms with Crippen LogP contribution < -0.4 is 15.0 Å². The number of carboxylic acids is 1. The molecule has 9 heteroatoms. The predicted octanol–water partition coefficient (Wildman–Crippen LogP) is 6.56. The average molecular weight is 582 g/mol. The number of carboxylic acid groups (broad SMARTS) is 1. The number of aliphatic carboxylic acids is 1. The summed E-state index contributed by atoms with van der Waals surface area (Å²) in [6.45, 7) is -0.0951. The lowest BCUT2D eigenvalue weighted by Gasteiger charge is -2.40. The van der Waals surface area contributed by atoms with Gasteiger partial charge in [-0.05, 0) is 42.0 Å². The molecule has 0 unspecified atom stereocenters. The Hall–Kier alpha value is -3.55. The first-order chi connectivity index (χ1) is 18.8. The van der Waals surface area contributed by atoms with Crippen molar-refractivity contribution in [2.24, 2.45) is 0 Å². The molecular formula is C30H23Cl3N2O4. The standard InChI is InChI=1S/C30H23Cl3N2O4/c31-20-10-6-11-21(16-20)39-28(29(37)38)30(19-8-2-1-3-9-19)23-12-4-5-15-26(23)35(27(36)17-34-30)18-22-24(32)13-7-14-25(22)33/h1-16,28,34H,17-18H2,(H,37,38)/t28-,30+/m1/s1. The fourth-order valence-electron chi connectivity index (χ4n) is 4.94.